The summed E-state index contributed by atoms with van der Waals surface area (Å²) >= 11 is 0. The second kappa shape index (κ2) is 9.06. The average Bonchev–Trinajstić information content (AvgIpc) is 2.46. The van der Waals surface area contributed by atoms with E-state index in [4.69, 9.17) is 10.5 Å². The summed E-state index contributed by atoms with van der Waals surface area (Å²) in [6, 6.07) is 7.20. The second-order valence-electron chi connectivity index (χ2n) is 6.02. The molecule has 3 nitrogen and oxygen atoms in total. The van der Waals surface area contributed by atoms with E-state index in [2.05, 4.69) is 50.8 Å². The van der Waals surface area contributed by atoms with Gasteiger partial charge in [-0.05, 0) is 50.9 Å². The van der Waals surface area contributed by atoms with E-state index in [1.807, 2.05) is 0 Å². The van der Waals surface area contributed by atoms with Gasteiger partial charge < -0.3 is 10.5 Å². The van der Waals surface area contributed by atoms with Crippen LogP contribution in [0.15, 0.2) is 18.2 Å². The van der Waals surface area contributed by atoms with E-state index in [1.165, 1.54) is 30.4 Å². The number of rotatable bonds is 9. The summed E-state index contributed by atoms with van der Waals surface area (Å²) in [5.74, 6) is 0.941. The number of unbranched alkanes of at least 4 members (excludes halogenated alkanes) is 2. The lowest BCUT2D eigenvalue weighted by Gasteiger charge is -2.35. The minimum atomic E-state index is 0.284. The molecule has 0 heterocycles. The summed E-state index contributed by atoms with van der Waals surface area (Å²) < 4.78 is 5.36. The summed E-state index contributed by atoms with van der Waals surface area (Å²) in [4.78, 5) is 2.52. The van der Waals surface area contributed by atoms with Crippen LogP contribution in [0.2, 0.25) is 0 Å². The summed E-state index contributed by atoms with van der Waals surface area (Å²) in [6.07, 6.45) is 3.77. The zero-order chi connectivity index (χ0) is 15.8. The Morgan fingerprint density at radius 2 is 1.95 bits per heavy atom. The molecule has 0 aliphatic carbocycles. The van der Waals surface area contributed by atoms with Gasteiger partial charge in [0.05, 0.1) is 7.11 Å². The number of nitrogens with two attached hydrogens (primary N) is 1. The van der Waals surface area contributed by atoms with Crippen LogP contribution >= 0.6 is 0 Å². The van der Waals surface area contributed by atoms with Crippen molar-refractivity contribution in [2.45, 2.75) is 59.0 Å². The normalized spacial score (nSPS) is 13.0. The van der Waals surface area contributed by atoms with Crippen LogP contribution < -0.4 is 10.5 Å². The molecule has 1 rings (SSSR count). The highest BCUT2D eigenvalue weighted by Gasteiger charge is 2.21. The summed E-state index contributed by atoms with van der Waals surface area (Å²) in [6.45, 7) is 10.6. The lowest BCUT2D eigenvalue weighted by molar-refractivity contribution is 0.154. The van der Waals surface area contributed by atoms with E-state index < -0.39 is 0 Å². The first-order valence-electron chi connectivity index (χ1n) is 8.15. The summed E-state index contributed by atoms with van der Waals surface area (Å²) in [5.41, 5.74) is 8.56. The molecule has 120 valence electrons. The van der Waals surface area contributed by atoms with Crippen LogP contribution in [0, 0.1) is 6.92 Å². The maximum absolute atomic E-state index is 6.10. The molecule has 0 aliphatic heterocycles. The molecule has 1 aromatic carbocycles. The molecule has 21 heavy (non-hydrogen) atoms. The van der Waals surface area contributed by atoms with Gasteiger partial charge >= 0.3 is 0 Å². The Balaban J connectivity index is 2.93. The number of methoxy groups -OCH3 is 1. The Labute approximate surface area is 130 Å². The molecule has 0 fully saturated rings. The topological polar surface area (TPSA) is 38.5 Å². The van der Waals surface area contributed by atoms with Gasteiger partial charge in [-0.15, -0.1) is 0 Å². The quantitative estimate of drug-likeness (QED) is 0.701. The molecule has 0 aromatic heterocycles. The Bertz CT molecular complexity index is 418. The summed E-state index contributed by atoms with van der Waals surface area (Å²) in [7, 11) is 1.72. The Morgan fingerprint density at radius 1 is 1.24 bits per heavy atom. The Hall–Kier alpha value is -1.06. The van der Waals surface area contributed by atoms with Gasteiger partial charge in [-0.3, -0.25) is 4.90 Å². The van der Waals surface area contributed by atoms with Crippen molar-refractivity contribution in [3.8, 4) is 5.75 Å². The van der Waals surface area contributed by atoms with Crippen LogP contribution in [-0.4, -0.2) is 31.1 Å². The molecule has 0 saturated carbocycles. The van der Waals surface area contributed by atoms with Gasteiger partial charge in [-0.2, -0.15) is 0 Å². The fraction of sp³-hybridized carbons (Fsp3) is 0.667. The van der Waals surface area contributed by atoms with Crippen LogP contribution in [0.5, 0.6) is 5.75 Å². The van der Waals surface area contributed by atoms with Crippen molar-refractivity contribution < 1.29 is 4.74 Å². The van der Waals surface area contributed by atoms with E-state index in [9.17, 15) is 0 Å². The third-order valence-corrected chi connectivity index (χ3v) is 4.11. The van der Waals surface area contributed by atoms with E-state index in [-0.39, 0.29) is 6.04 Å². The number of nitrogens with zero attached hydrogens (tertiary/aromatic N) is 1. The number of hydrogen-bond donors (Lipinski definition) is 1. The van der Waals surface area contributed by atoms with Crippen molar-refractivity contribution in [2.24, 2.45) is 5.73 Å². The Kier molecular flexibility index (Phi) is 7.76. The van der Waals surface area contributed by atoms with Gasteiger partial charge in [0.1, 0.15) is 5.75 Å². The van der Waals surface area contributed by atoms with Crippen LogP contribution in [0.25, 0.3) is 0 Å². The third-order valence-electron chi connectivity index (χ3n) is 4.11. The van der Waals surface area contributed by atoms with Crippen LogP contribution in [-0.2, 0) is 0 Å². The minimum Gasteiger partial charge on any atom is -0.496 e. The van der Waals surface area contributed by atoms with Crippen LogP contribution in [0.3, 0.4) is 0 Å². The molecule has 1 aromatic rings. The van der Waals surface area contributed by atoms with Crippen LogP contribution in [0.1, 0.15) is 57.2 Å². The van der Waals surface area contributed by atoms with Gasteiger partial charge in [0.25, 0.3) is 0 Å². The van der Waals surface area contributed by atoms with E-state index >= 15 is 0 Å². The molecule has 0 aliphatic rings. The van der Waals surface area contributed by atoms with Gasteiger partial charge in [-0.1, -0.05) is 31.9 Å². The minimum absolute atomic E-state index is 0.284. The maximum Gasteiger partial charge on any atom is 0.121 e. The third kappa shape index (κ3) is 5.01. The lowest BCUT2D eigenvalue weighted by Crippen LogP contribution is -2.39. The van der Waals surface area contributed by atoms with Crippen molar-refractivity contribution in [3.63, 3.8) is 0 Å². The largest absolute Gasteiger partial charge is 0.496 e. The van der Waals surface area contributed by atoms with E-state index in [0.29, 0.717) is 12.6 Å². The number of aryl methyl sites for hydroxylation is 1. The predicted octanol–water partition coefficient (Wildman–Crippen LogP) is 3.90. The first kappa shape index (κ1) is 18.0. The SMILES string of the molecule is CCCCCN(C(C)C)C(CN)c1ccc(OC)c(C)c1. The van der Waals surface area contributed by atoms with Crippen molar-refractivity contribution in [3.05, 3.63) is 29.3 Å². The van der Waals surface area contributed by atoms with E-state index in [0.717, 1.165) is 12.3 Å². The second-order valence-corrected chi connectivity index (χ2v) is 6.02. The van der Waals surface area contributed by atoms with Crippen molar-refractivity contribution in [1.82, 2.24) is 4.90 Å². The molecular formula is C18H32N2O. The average molecular weight is 292 g/mol. The fourth-order valence-electron chi connectivity index (χ4n) is 2.89. The van der Waals surface area contributed by atoms with Gasteiger partial charge in [0.2, 0.25) is 0 Å². The fourth-order valence-corrected chi connectivity index (χ4v) is 2.89. The smallest absolute Gasteiger partial charge is 0.121 e. The van der Waals surface area contributed by atoms with Crippen molar-refractivity contribution in [1.29, 1.82) is 0 Å². The van der Waals surface area contributed by atoms with Crippen molar-refractivity contribution >= 4 is 0 Å². The van der Waals surface area contributed by atoms with Gasteiger partial charge in [0, 0.05) is 18.6 Å². The highest BCUT2D eigenvalue weighted by molar-refractivity contribution is 5.37. The lowest BCUT2D eigenvalue weighted by atomic mass is 10.0. The van der Waals surface area contributed by atoms with Gasteiger partial charge in [-0.25, -0.2) is 0 Å². The molecule has 1 unspecified atom stereocenters. The molecule has 0 spiro atoms. The maximum atomic E-state index is 6.10. The molecule has 0 radical (unpaired) electrons. The standard InChI is InChI=1S/C18H32N2O/c1-6-7-8-11-20(14(2)3)17(13-19)16-9-10-18(21-5)15(4)12-16/h9-10,12,14,17H,6-8,11,13,19H2,1-5H3. The molecule has 0 amide bonds. The molecule has 2 N–H and O–H groups in total. The number of ether oxygens (including phenoxy) is 1. The Morgan fingerprint density at radius 3 is 2.43 bits per heavy atom. The van der Waals surface area contributed by atoms with Crippen LogP contribution in [0.4, 0.5) is 0 Å². The molecule has 3 heteroatoms. The molecule has 0 bridgehead atoms. The zero-order valence-corrected chi connectivity index (χ0v) is 14.4. The molecule has 1 atom stereocenters. The van der Waals surface area contributed by atoms with Crippen molar-refractivity contribution in [2.75, 3.05) is 20.2 Å². The molecular weight excluding hydrogens is 260 g/mol. The summed E-state index contributed by atoms with van der Waals surface area (Å²) in [5, 5.41) is 0. The van der Waals surface area contributed by atoms with E-state index in [1.54, 1.807) is 7.11 Å². The first-order valence-corrected chi connectivity index (χ1v) is 8.15. The monoisotopic (exact) mass is 292 g/mol. The highest BCUT2D eigenvalue weighted by Crippen LogP contribution is 2.27. The predicted molar refractivity (Wildman–Crippen MR) is 90.9 cm³/mol. The van der Waals surface area contributed by atoms with Gasteiger partial charge in [0.15, 0.2) is 0 Å². The zero-order valence-electron chi connectivity index (χ0n) is 14.4. The highest BCUT2D eigenvalue weighted by atomic mass is 16.5. The first-order chi connectivity index (χ1) is 10.0. The molecule has 0 saturated heterocycles. The number of benzene rings is 1. The number of hydrogen-bond acceptors (Lipinski definition) is 3.